The SMILES string of the molecule is CC(C)NS(=O)(=O)NC1CCCS(=O)(=O)C1. The van der Waals surface area contributed by atoms with E-state index >= 15 is 0 Å². The highest BCUT2D eigenvalue weighted by molar-refractivity contribution is 7.91. The normalized spacial score (nSPS) is 25.8. The second kappa shape index (κ2) is 4.99. The van der Waals surface area contributed by atoms with Crippen LogP contribution in [0.3, 0.4) is 0 Å². The van der Waals surface area contributed by atoms with E-state index in [0.29, 0.717) is 12.8 Å². The summed E-state index contributed by atoms with van der Waals surface area (Å²) in [5, 5.41) is 0. The van der Waals surface area contributed by atoms with E-state index in [1.165, 1.54) is 0 Å². The molecule has 0 bridgehead atoms. The van der Waals surface area contributed by atoms with Gasteiger partial charge in [0.15, 0.2) is 9.84 Å². The maximum atomic E-state index is 11.5. The van der Waals surface area contributed by atoms with Crippen LogP contribution < -0.4 is 9.44 Å². The molecule has 1 unspecified atom stereocenters. The van der Waals surface area contributed by atoms with Crippen LogP contribution in [0.25, 0.3) is 0 Å². The van der Waals surface area contributed by atoms with Crippen LogP contribution in [0.4, 0.5) is 0 Å². The molecule has 0 aromatic heterocycles. The molecule has 6 nitrogen and oxygen atoms in total. The van der Waals surface area contributed by atoms with Crippen molar-refractivity contribution in [3.63, 3.8) is 0 Å². The quantitative estimate of drug-likeness (QED) is 0.713. The fourth-order valence-corrected chi connectivity index (χ4v) is 4.75. The van der Waals surface area contributed by atoms with E-state index < -0.39 is 26.1 Å². The predicted octanol–water partition coefficient (Wildman–Crippen LogP) is -0.604. The van der Waals surface area contributed by atoms with Crippen molar-refractivity contribution in [3.05, 3.63) is 0 Å². The van der Waals surface area contributed by atoms with Crippen molar-refractivity contribution >= 4 is 20.0 Å². The van der Waals surface area contributed by atoms with Crippen molar-refractivity contribution < 1.29 is 16.8 Å². The van der Waals surface area contributed by atoms with Gasteiger partial charge >= 0.3 is 0 Å². The zero-order chi connectivity index (χ0) is 12.4. The fourth-order valence-electron chi connectivity index (χ4n) is 1.68. The summed E-state index contributed by atoms with van der Waals surface area (Å²) in [5.74, 6) is 0.0504. The molecule has 8 heteroatoms. The average Bonchev–Trinajstić information content (AvgIpc) is 1.96. The second-order valence-corrected chi connectivity index (χ2v) is 8.05. The zero-order valence-electron chi connectivity index (χ0n) is 9.43. The number of sulfone groups is 1. The molecule has 0 aromatic rings. The summed E-state index contributed by atoms with van der Waals surface area (Å²) in [6.07, 6.45) is 1.08. The number of hydrogen-bond acceptors (Lipinski definition) is 4. The van der Waals surface area contributed by atoms with Crippen molar-refractivity contribution in [3.8, 4) is 0 Å². The molecule has 0 saturated carbocycles. The number of rotatable bonds is 4. The molecule has 1 rings (SSSR count). The number of nitrogens with one attached hydrogen (secondary N) is 2. The van der Waals surface area contributed by atoms with E-state index in [-0.39, 0.29) is 17.5 Å². The Morgan fingerprint density at radius 3 is 2.44 bits per heavy atom. The van der Waals surface area contributed by atoms with Crippen LogP contribution in [0.2, 0.25) is 0 Å². The third kappa shape index (κ3) is 4.77. The molecule has 1 aliphatic heterocycles. The minimum atomic E-state index is -3.60. The standard InChI is InChI=1S/C8H18N2O4S2/c1-7(2)9-16(13,14)10-8-4-3-5-15(11,12)6-8/h7-10H,3-6H2,1-2H3. The molecule has 0 aliphatic carbocycles. The smallest absolute Gasteiger partial charge is 0.229 e. The number of hydrogen-bond donors (Lipinski definition) is 2. The van der Waals surface area contributed by atoms with Gasteiger partial charge in [0.25, 0.3) is 10.2 Å². The van der Waals surface area contributed by atoms with Crippen LogP contribution in [0.5, 0.6) is 0 Å². The molecule has 1 fully saturated rings. The van der Waals surface area contributed by atoms with E-state index in [1.54, 1.807) is 13.8 Å². The average molecular weight is 270 g/mol. The first-order valence-corrected chi connectivity index (χ1v) is 8.51. The van der Waals surface area contributed by atoms with E-state index in [0.717, 1.165) is 0 Å². The van der Waals surface area contributed by atoms with Gasteiger partial charge in [-0.15, -0.1) is 0 Å². The summed E-state index contributed by atoms with van der Waals surface area (Å²) < 4.78 is 50.4. The van der Waals surface area contributed by atoms with Crippen LogP contribution in [0.1, 0.15) is 26.7 Å². The lowest BCUT2D eigenvalue weighted by atomic mass is 10.2. The van der Waals surface area contributed by atoms with Crippen molar-refractivity contribution in [1.29, 1.82) is 0 Å². The molecule has 0 spiro atoms. The van der Waals surface area contributed by atoms with Gasteiger partial charge in [0.05, 0.1) is 11.5 Å². The van der Waals surface area contributed by atoms with Gasteiger partial charge in [0.2, 0.25) is 0 Å². The maximum Gasteiger partial charge on any atom is 0.277 e. The largest absolute Gasteiger partial charge is 0.277 e. The van der Waals surface area contributed by atoms with Crippen LogP contribution in [-0.2, 0) is 20.0 Å². The summed E-state index contributed by atoms with van der Waals surface area (Å²) in [4.78, 5) is 0. The first-order valence-electron chi connectivity index (χ1n) is 5.20. The van der Waals surface area contributed by atoms with Gasteiger partial charge < -0.3 is 0 Å². The molecule has 0 aromatic carbocycles. The molecule has 0 amide bonds. The van der Waals surface area contributed by atoms with Gasteiger partial charge in [-0.3, -0.25) is 0 Å². The molecule has 1 atom stereocenters. The highest BCUT2D eigenvalue weighted by Crippen LogP contribution is 2.12. The molecule has 16 heavy (non-hydrogen) atoms. The third-order valence-electron chi connectivity index (χ3n) is 2.18. The summed E-state index contributed by atoms with van der Waals surface area (Å²) in [6, 6.07) is -0.715. The van der Waals surface area contributed by atoms with Gasteiger partial charge in [-0.2, -0.15) is 17.9 Å². The van der Waals surface area contributed by atoms with Crippen LogP contribution >= 0.6 is 0 Å². The van der Waals surface area contributed by atoms with Crippen LogP contribution in [-0.4, -0.2) is 40.4 Å². The monoisotopic (exact) mass is 270 g/mol. The summed E-state index contributed by atoms with van der Waals surface area (Å²) in [5.41, 5.74) is 0. The van der Waals surface area contributed by atoms with Crippen molar-refractivity contribution in [1.82, 2.24) is 9.44 Å². The predicted molar refractivity (Wildman–Crippen MR) is 62.0 cm³/mol. The fraction of sp³-hybridized carbons (Fsp3) is 1.00. The van der Waals surface area contributed by atoms with Gasteiger partial charge in [-0.05, 0) is 26.7 Å². The van der Waals surface area contributed by atoms with Crippen LogP contribution in [0.15, 0.2) is 0 Å². The van der Waals surface area contributed by atoms with Crippen molar-refractivity contribution in [2.75, 3.05) is 11.5 Å². The molecule has 1 aliphatic rings. The van der Waals surface area contributed by atoms with E-state index in [2.05, 4.69) is 9.44 Å². The zero-order valence-corrected chi connectivity index (χ0v) is 11.1. The molecular formula is C8H18N2O4S2. The minimum absolute atomic E-state index is 0.105. The summed E-state index contributed by atoms with van der Waals surface area (Å²) in [6.45, 7) is 3.41. The second-order valence-electron chi connectivity index (χ2n) is 4.35. The summed E-state index contributed by atoms with van der Waals surface area (Å²) in [7, 11) is -6.68. The van der Waals surface area contributed by atoms with Gasteiger partial charge in [-0.1, -0.05) is 0 Å². The maximum absolute atomic E-state index is 11.5. The Labute approximate surface area is 96.9 Å². The molecule has 1 heterocycles. The topological polar surface area (TPSA) is 92.3 Å². The lowest BCUT2D eigenvalue weighted by Crippen LogP contribution is -2.49. The molecule has 1 saturated heterocycles. The van der Waals surface area contributed by atoms with Crippen molar-refractivity contribution in [2.24, 2.45) is 0 Å². The molecular weight excluding hydrogens is 252 g/mol. The highest BCUT2D eigenvalue weighted by atomic mass is 32.2. The molecule has 96 valence electrons. The Bertz CT molecular complexity index is 427. The third-order valence-corrected chi connectivity index (χ3v) is 5.42. The Hall–Kier alpha value is -0.180. The molecule has 0 radical (unpaired) electrons. The van der Waals surface area contributed by atoms with Crippen LogP contribution in [0, 0.1) is 0 Å². The lowest BCUT2D eigenvalue weighted by Gasteiger charge is -2.23. The first-order chi connectivity index (χ1) is 7.20. The minimum Gasteiger partial charge on any atom is -0.229 e. The van der Waals surface area contributed by atoms with Gasteiger partial charge in [0.1, 0.15) is 0 Å². The Morgan fingerprint density at radius 1 is 1.31 bits per heavy atom. The van der Waals surface area contributed by atoms with Gasteiger partial charge in [0, 0.05) is 12.1 Å². The van der Waals surface area contributed by atoms with E-state index in [1.807, 2.05) is 0 Å². The van der Waals surface area contributed by atoms with Gasteiger partial charge in [-0.25, -0.2) is 8.42 Å². The highest BCUT2D eigenvalue weighted by Gasteiger charge is 2.27. The Balaban J connectivity index is 2.61. The first kappa shape index (κ1) is 13.9. The molecule has 2 N–H and O–H groups in total. The van der Waals surface area contributed by atoms with E-state index in [9.17, 15) is 16.8 Å². The Kier molecular flexibility index (Phi) is 4.33. The summed E-state index contributed by atoms with van der Waals surface area (Å²) >= 11 is 0. The van der Waals surface area contributed by atoms with Crippen molar-refractivity contribution in [2.45, 2.75) is 38.8 Å². The van der Waals surface area contributed by atoms with E-state index in [4.69, 9.17) is 0 Å². The lowest BCUT2D eigenvalue weighted by molar-refractivity contribution is 0.506. The Morgan fingerprint density at radius 2 is 1.94 bits per heavy atom.